The number of hydrogen-bond acceptors (Lipinski definition) is 6. The monoisotopic (exact) mass is 432 g/mol. The van der Waals surface area contributed by atoms with Gasteiger partial charge in [0.05, 0.1) is 5.92 Å². The Morgan fingerprint density at radius 1 is 1.11 bits per heavy atom. The number of thiazole rings is 1. The van der Waals surface area contributed by atoms with Gasteiger partial charge in [-0.3, -0.25) is 4.79 Å². The Hall–Kier alpha value is -2.16. The van der Waals surface area contributed by atoms with Crippen LogP contribution in [0.25, 0.3) is 10.6 Å². The van der Waals surface area contributed by atoms with E-state index in [4.69, 9.17) is 0 Å². The van der Waals surface area contributed by atoms with Crippen LogP contribution in [0, 0.1) is 5.92 Å². The van der Waals surface area contributed by atoms with Crippen molar-refractivity contribution < 1.29 is 14.7 Å². The van der Waals surface area contributed by atoms with Gasteiger partial charge in [0.15, 0.2) is 0 Å². The quantitative estimate of drug-likeness (QED) is 0.450. The maximum absolute atomic E-state index is 12.6. The van der Waals surface area contributed by atoms with Gasteiger partial charge in [0, 0.05) is 34.2 Å². The normalized spacial score (nSPS) is 13.0. The third kappa shape index (κ3) is 5.43. The van der Waals surface area contributed by atoms with Crippen LogP contribution in [0.5, 0.6) is 0 Å². The van der Waals surface area contributed by atoms with Gasteiger partial charge in [-0.15, -0.1) is 22.7 Å². The van der Waals surface area contributed by atoms with Crippen LogP contribution < -0.4 is 5.32 Å². The lowest BCUT2D eigenvalue weighted by atomic mass is 10.0. The molecule has 2 heterocycles. The van der Waals surface area contributed by atoms with E-state index >= 15 is 0 Å². The standard InChI is InChI=1S/C20H20N2O3S3/c23-18(15(12-26)11-16-2-1-8-27-16)22-17(20(24)25)10-13-3-5-14(6-4-13)19-21-7-9-28-19/h1-9,15,17,26H,10-12H2,(H,22,23)(H,24,25)/t15?,17-/m0/s1. The molecule has 5 nitrogen and oxygen atoms in total. The van der Waals surface area contributed by atoms with E-state index < -0.39 is 12.0 Å². The highest BCUT2D eigenvalue weighted by molar-refractivity contribution is 7.80. The average Bonchev–Trinajstić information content (AvgIpc) is 3.40. The number of hydrogen-bond donors (Lipinski definition) is 3. The Morgan fingerprint density at radius 2 is 1.89 bits per heavy atom. The van der Waals surface area contributed by atoms with E-state index in [0.717, 1.165) is 21.0 Å². The van der Waals surface area contributed by atoms with Crippen LogP contribution in [0.4, 0.5) is 0 Å². The van der Waals surface area contributed by atoms with Crippen LogP contribution in [-0.4, -0.2) is 33.8 Å². The molecule has 0 bridgehead atoms. The molecule has 1 unspecified atom stereocenters. The molecule has 2 atom stereocenters. The minimum Gasteiger partial charge on any atom is -0.480 e. The van der Waals surface area contributed by atoms with Gasteiger partial charge >= 0.3 is 5.97 Å². The highest BCUT2D eigenvalue weighted by atomic mass is 32.1. The minimum absolute atomic E-state index is 0.220. The summed E-state index contributed by atoms with van der Waals surface area (Å²) in [6, 6.07) is 10.5. The van der Waals surface area contributed by atoms with Gasteiger partial charge in [-0.25, -0.2) is 9.78 Å². The maximum atomic E-state index is 12.6. The van der Waals surface area contributed by atoms with E-state index in [0.29, 0.717) is 12.2 Å². The lowest BCUT2D eigenvalue weighted by Crippen LogP contribution is -2.45. The zero-order chi connectivity index (χ0) is 19.9. The van der Waals surface area contributed by atoms with Crippen LogP contribution in [0.2, 0.25) is 0 Å². The lowest BCUT2D eigenvalue weighted by Gasteiger charge is -2.19. The molecule has 0 aliphatic rings. The van der Waals surface area contributed by atoms with Crippen LogP contribution in [0.15, 0.2) is 53.4 Å². The van der Waals surface area contributed by atoms with Crippen molar-refractivity contribution in [2.24, 2.45) is 5.92 Å². The number of rotatable bonds is 9. The Kier molecular flexibility index (Phi) is 7.24. The molecule has 3 rings (SSSR count). The van der Waals surface area contributed by atoms with E-state index in [2.05, 4.69) is 22.9 Å². The Labute approximate surface area is 176 Å². The zero-order valence-corrected chi connectivity index (χ0v) is 17.5. The topological polar surface area (TPSA) is 79.3 Å². The number of carbonyl (C=O) groups excluding carboxylic acids is 1. The first-order valence-electron chi connectivity index (χ1n) is 8.72. The molecular formula is C20H20N2O3S3. The summed E-state index contributed by atoms with van der Waals surface area (Å²) in [5.74, 6) is -1.34. The second-order valence-electron chi connectivity index (χ2n) is 6.30. The van der Waals surface area contributed by atoms with Gasteiger partial charge in [-0.05, 0) is 23.4 Å². The molecule has 3 aromatic rings. The predicted molar refractivity (Wildman–Crippen MR) is 116 cm³/mol. The summed E-state index contributed by atoms with van der Waals surface area (Å²) < 4.78 is 0. The molecule has 0 spiro atoms. The Balaban J connectivity index is 1.64. The second kappa shape index (κ2) is 9.86. The molecule has 2 N–H and O–H groups in total. The molecule has 0 radical (unpaired) electrons. The van der Waals surface area contributed by atoms with Crippen molar-refractivity contribution in [3.63, 3.8) is 0 Å². The van der Waals surface area contributed by atoms with E-state index in [1.165, 1.54) is 0 Å². The first-order valence-corrected chi connectivity index (χ1v) is 11.1. The second-order valence-corrected chi connectivity index (χ2v) is 8.59. The van der Waals surface area contributed by atoms with Crippen molar-refractivity contribution in [2.45, 2.75) is 18.9 Å². The van der Waals surface area contributed by atoms with Crippen LogP contribution >= 0.6 is 35.3 Å². The fraction of sp³-hybridized carbons (Fsp3) is 0.250. The summed E-state index contributed by atoms with van der Waals surface area (Å²) in [5, 5.41) is 17.0. The molecule has 0 saturated heterocycles. The molecule has 0 saturated carbocycles. The van der Waals surface area contributed by atoms with Gasteiger partial charge in [0.1, 0.15) is 11.0 Å². The van der Waals surface area contributed by atoms with Crippen molar-refractivity contribution in [3.05, 3.63) is 63.8 Å². The molecule has 8 heteroatoms. The van der Waals surface area contributed by atoms with Crippen LogP contribution in [0.1, 0.15) is 10.4 Å². The number of aliphatic carboxylic acids is 1. The molecule has 0 fully saturated rings. The van der Waals surface area contributed by atoms with E-state index in [9.17, 15) is 14.7 Å². The van der Waals surface area contributed by atoms with Crippen molar-refractivity contribution in [1.29, 1.82) is 0 Å². The number of amides is 1. The van der Waals surface area contributed by atoms with Crippen molar-refractivity contribution in [1.82, 2.24) is 10.3 Å². The van der Waals surface area contributed by atoms with E-state index in [1.807, 2.05) is 47.2 Å². The predicted octanol–water partition coefficient (Wildman–Crippen LogP) is 3.77. The summed E-state index contributed by atoms with van der Waals surface area (Å²) in [6.45, 7) is 0. The third-order valence-electron chi connectivity index (χ3n) is 4.31. The van der Waals surface area contributed by atoms with Gasteiger partial charge in [-0.2, -0.15) is 12.6 Å². The number of carboxylic acid groups (broad SMARTS) is 1. The van der Waals surface area contributed by atoms with Crippen LogP contribution in [-0.2, 0) is 22.4 Å². The fourth-order valence-electron chi connectivity index (χ4n) is 2.79. The molecule has 1 aromatic carbocycles. The molecule has 2 aromatic heterocycles. The summed E-state index contributed by atoms with van der Waals surface area (Å²) in [7, 11) is 0. The molecule has 28 heavy (non-hydrogen) atoms. The number of thiophene rings is 1. The Bertz CT molecular complexity index is 893. The first kappa shape index (κ1) is 20.6. The molecule has 0 aliphatic carbocycles. The molecule has 146 valence electrons. The van der Waals surface area contributed by atoms with Crippen LogP contribution in [0.3, 0.4) is 0 Å². The van der Waals surface area contributed by atoms with Crippen molar-refractivity contribution in [2.75, 3.05) is 5.75 Å². The molecule has 0 aliphatic heterocycles. The van der Waals surface area contributed by atoms with Gasteiger partial charge in [0.25, 0.3) is 0 Å². The van der Waals surface area contributed by atoms with Gasteiger partial charge in [0.2, 0.25) is 5.91 Å². The van der Waals surface area contributed by atoms with Gasteiger partial charge in [-0.1, -0.05) is 30.3 Å². The number of carboxylic acids is 1. The average molecular weight is 433 g/mol. The number of nitrogens with zero attached hydrogens (tertiary/aromatic N) is 1. The summed E-state index contributed by atoms with van der Waals surface area (Å²) in [6.07, 6.45) is 2.53. The smallest absolute Gasteiger partial charge is 0.326 e. The highest BCUT2D eigenvalue weighted by Gasteiger charge is 2.25. The van der Waals surface area contributed by atoms with Crippen molar-refractivity contribution in [3.8, 4) is 10.6 Å². The zero-order valence-electron chi connectivity index (χ0n) is 14.9. The minimum atomic E-state index is -1.05. The van der Waals surface area contributed by atoms with Gasteiger partial charge < -0.3 is 10.4 Å². The van der Waals surface area contributed by atoms with E-state index in [-0.39, 0.29) is 18.2 Å². The summed E-state index contributed by atoms with van der Waals surface area (Å²) in [4.78, 5) is 29.6. The number of thiol groups is 1. The number of benzene rings is 1. The van der Waals surface area contributed by atoms with E-state index in [1.54, 1.807) is 28.9 Å². The fourth-order valence-corrected chi connectivity index (χ4v) is 4.51. The largest absolute Gasteiger partial charge is 0.480 e. The maximum Gasteiger partial charge on any atom is 0.326 e. The number of carbonyl (C=O) groups is 2. The molecular weight excluding hydrogens is 412 g/mol. The lowest BCUT2D eigenvalue weighted by molar-refractivity contribution is -0.142. The first-order chi connectivity index (χ1) is 13.6. The third-order valence-corrected chi connectivity index (χ3v) is 6.47. The highest BCUT2D eigenvalue weighted by Crippen LogP contribution is 2.22. The molecule has 1 amide bonds. The SMILES string of the molecule is O=C(N[C@@H](Cc1ccc(-c2nccs2)cc1)C(=O)O)C(CS)Cc1cccs1. The van der Waals surface area contributed by atoms with Crippen molar-refractivity contribution >= 4 is 47.2 Å². The Morgan fingerprint density at radius 3 is 2.46 bits per heavy atom. The number of nitrogens with one attached hydrogen (secondary N) is 1. The number of aromatic nitrogens is 1. The summed E-state index contributed by atoms with van der Waals surface area (Å²) >= 11 is 7.40. The summed E-state index contributed by atoms with van der Waals surface area (Å²) in [5.41, 5.74) is 1.83.